The summed E-state index contributed by atoms with van der Waals surface area (Å²) in [6, 6.07) is 13.6. The average molecular weight is 313 g/mol. The zero-order valence-corrected chi connectivity index (χ0v) is 13.2. The number of carbonyl (C=O) groups excluding carboxylic acids is 1. The predicted octanol–water partition coefficient (Wildman–Crippen LogP) is 4.87. The van der Waals surface area contributed by atoms with Gasteiger partial charge in [0, 0.05) is 28.2 Å². The number of amides is 1. The van der Waals surface area contributed by atoms with Crippen LogP contribution in [0.4, 0.5) is 11.4 Å². The first kappa shape index (κ1) is 14.7. The fraction of sp³-hybridized carbons (Fsp3) is 0.167. The SMILES string of the molecule is CC(C)c1ccc(N/C=C2/C(=O)Nc3ccc(Cl)cc32)cc1. The topological polar surface area (TPSA) is 41.1 Å². The van der Waals surface area contributed by atoms with Crippen LogP contribution in [0, 0.1) is 0 Å². The Balaban J connectivity index is 1.84. The van der Waals surface area contributed by atoms with Gasteiger partial charge in [-0.1, -0.05) is 37.6 Å². The summed E-state index contributed by atoms with van der Waals surface area (Å²) in [4.78, 5) is 12.0. The molecule has 4 heteroatoms. The van der Waals surface area contributed by atoms with Gasteiger partial charge < -0.3 is 10.6 Å². The molecule has 1 amide bonds. The fourth-order valence-electron chi connectivity index (χ4n) is 2.42. The first-order valence-electron chi connectivity index (χ1n) is 7.22. The van der Waals surface area contributed by atoms with E-state index in [2.05, 4.69) is 36.6 Å². The molecule has 3 nitrogen and oxygen atoms in total. The molecule has 1 aliphatic heterocycles. The van der Waals surface area contributed by atoms with Crippen LogP contribution in [0.5, 0.6) is 0 Å². The lowest BCUT2D eigenvalue weighted by atomic mass is 10.0. The summed E-state index contributed by atoms with van der Waals surface area (Å²) in [6.45, 7) is 4.32. The van der Waals surface area contributed by atoms with Crippen molar-refractivity contribution >= 4 is 34.5 Å². The normalized spacial score (nSPS) is 15.1. The quantitative estimate of drug-likeness (QED) is 0.794. The van der Waals surface area contributed by atoms with Crippen molar-refractivity contribution in [1.82, 2.24) is 0 Å². The van der Waals surface area contributed by atoms with Crippen LogP contribution in [-0.4, -0.2) is 5.91 Å². The molecule has 0 saturated heterocycles. The van der Waals surface area contributed by atoms with Crippen LogP contribution in [-0.2, 0) is 4.79 Å². The van der Waals surface area contributed by atoms with Crippen LogP contribution in [0.25, 0.3) is 5.57 Å². The zero-order valence-electron chi connectivity index (χ0n) is 12.5. The summed E-state index contributed by atoms with van der Waals surface area (Å²) in [7, 11) is 0. The molecule has 0 radical (unpaired) electrons. The van der Waals surface area contributed by atoms with Gasteiger partial charge in [0.1, 0.15) is 0 Å². The number of halogens is 1. The number of carbonyl (C=O) groups is 1. The lowest BCUT2D eigenvalue weighted by Gasteiger charge is -2.07. The minimum absolute atomic E-state index is 0.122. The monoisotopic (exact) mass is 312 g/mol. The molecular formula is C18H17ClN2O. The van der Waals surface area contributed by atoms with Crippen LogP contribution in [0.15, 0.2) is 48.7 Å². The van der Waals surface area contributed by atoms with Crippen molar-refractivity contribution in [2.45, 2.75) is 19.8 Å². The summed E-state index contributed by atoms with van der Waals surface area (Å²) < 4.78 is 0. The number of rotatable bonds is 3. The Morgan fingerprint density at radius 3 is 2.55 bits per heavy atom. The van der Waals surface area contributed by atoms with E-state index in [1.165, 1.54) is 5.56 Å². The van der Waals surface area contributed by atoms with E-state index >= 15 is 0 Å². The fourth-order valence-corrected chi connectivity index (χ4v) is 2.60. The molecule has 2 N–H and O–H groups in total. The highest BCUT2D eigenvalue weighted by atomic mass is 35.5. The summed E-state index contributed by atoms with van der Waals surface area (Å²) in [5.74, 6) is 0.380. The van der Waals surface area contributed by atoms with E-state index in [-0.39, 0.29) is 5.91 Å². The number of benzene rings is 2. The molecule has 0 fully saturated rings. The Hall–Kier alpha value is -2.26. The van der Waals surface area contributed by atoms with Crippen molar-refractivity contribution < 1.29 is 4.79 Å². The number of hydrogen-bond acceptors (Lipinski definition) is 2. The van der Waals surface area contributed by atoms with Gasteiger partial charge in [-0.25, -0.2) is 0 Å². The van der Waals surface area contributed by atoms with Gasteiger partial charge in [0.25, 0.3) is 5.91 Å². The minimum atomic E-state index is -0.122. The van der Waals surface area contributed by atoms with Gasteiger partial charge in [0.15, 0.2) is 0 Å². The van der Waals surface area contributed by atoms with Gasteiger partial charge in [0.05, 0.1) is 5.57 Å². The van der Waals surface area contributed by atoms with Gasteiger partial charge in [-0.05, 0) is 41.8 Å². The summed E-state index contributed by atoms with van der Waals surface area (Å²) in [5.41, 5.74) is 4.43. The van der Waals surface area contributed by atoms with Gasteiger partial charge >= 0.3 is 0 Å². The molecule has 1 aliphatic rings. The Morgan fingerprint density at radius 2 is 1.86 bits per heavy atom. The lowest BCUT2D eigenvalue weighted by molar-refractivity contribution is -0.110. The standard InChI is InChI=1S/C18H17ClN2O/c1-11(2)12-3-6-14(7-4-12)20-10-16-15-9-13(19)5-8-17(15)21-18(16)22/h3-11,20H,1-2H3,(H,21,22)/b16-10+. The second-order valence-corrected chi connectivity index (χ2v) is 6.06. The Kier molecular flexibility index (Phi) is 3.90. The van der Waals surface area contributed by atoms with Crippen molar-refractivity contribution in [2.75, 3.05) is 10.6 Å². The molecule has 0 saturated carbocycles. The van der Waals surface area contributed by atoms with E-state index in [9.17, 15) is 4.79 Å². The third-order valence-electron chi connectivity index (χ3n) is 3.73. The van der Waals surface area contributed by atoms with Crippen molar-refractivity contribution in [2.24, 2.45) is 0 Å². The predicted molar refractivity (Wildman–Crippen MR) is 92.2 cm³/mol. The van der Waals surface area contributed by atoms with Crippen LogP contribution in [0.1, 0.15) is 30.9 Å². The van der Waals surface area contributed by atoms with E-state index in [0.717, 1.165) is 16.9 Å². The van der Waals surface area contributed by atoms with Crippen LogP contribution < -0.4 is 10.6 Å². The lowest BCUT2D eigenvalue weighted by Crippen LogP contribution is -2.05. The molecule has 1 heterocycles. The van der Waals surface area contributed by atoms with Gasteiger partial charge in [0.2, 0.25) is 0 Å². The Labute approximate surface area is 135 Å². The highest BCUT2D eigenvalue weighted by Crippen LogP contribution is 2.33. The molecule has 22 heavy (non-hydrogen) atoms. The number of fused-ring (bicyclic) bond motifs is 1. The molecule has 0 spiro atoms. The summed E-state index contributed by atoms with van der Waals surface area (Å²) >= 11 is 6.01. The molecule has 2 aromatic rings. The van der Waals surface area contributed by atoms with Gasteiger partial charge in [-0.2, -0.15) is 0 Å². The molecule has 2 aromatic carbocycles. The summed E-state index contributed by atoms with van der Waals surface area (Å²) in [6.07, 6.45) is 1.72. The maximum absolute atomic E-state index is 12.0. The highest BCUT2D eigenvalue weighted by Gasteiger charge is 2.24. The maximum atomic E-state index is 12.0. The van der Waals surface area contributed by atoms with Gasteiger partial charge in [-0.3, -0.25) is 4.79 Å². The molecule has 0 bridgehead atoms. The van der Waals surface area contributed by atoms with Crippen LogP contribution in [0.2, 0.25) is 5.02 Å². The Bertz CT molecular complexity index is 748. The smallest absolute Gasteiger partial charge is 0.257 e. The van der Waals surface area contributed by atoms with Crippen molar-refractivity contribution in [3.05, 3.63) is 64.8 Å². The largest absolute Gasteiger partial charge is 0.361 e. The second kappa shape index (κ2) is 5.85. The molecule has 112 valence electrons. The summed E-state index contributed by atoms with van der Waals surface area (Å²) in [5, 5.41) is 6.62. The zero-order chi connectivity index (χ0) is 15.7. The van der Waals surface area contributed by atoms with Crippen LogP contribution >= 0.6 is 11.6 Å². The first-order valence-corrected chi connectivity index (χ1v) is 7.60. The highest BCUT2D eigenvalue weighted by molar-refractivity contribution is 6.34. The number of hydrogen-bond donors (Lipinski definition) is 2. The second-order valence-electron chi connectivity index (χ2n) is 5.62. The molecule has 0 aliphatic carbocycles. The number of anilines is 2. The molecular weight excluding hydrogens is 296 g/mol. The van der Waals surface area contributed by atoms with E-state index < -0.39 is 0 Å². The van der Waals surface area contributed by atoms with E-state index in [1.54, 1.807) is 18.3 Å². The minimum Gasteiger partial charge on any atom is -0.361 e. The maximum Gasteiger partial charge on any atom is 0.257 e. The van der Waals surface area contributed by atoms with Crippen LogP contribution in [0.3, 0.4) is 0 Å². The van der Waals surface area contributed by atoms with E-state index in [4.69, 9.17) is 11.6 Å². The first-order chi connectivity index (χ1) is 10.5. The van der Waals surface area contributed by atoms with E-state index in [0.29, 0.717) is 16.5 Å². The van der Waals surface area contributed by atoms with Gasteiger partial charge in [-0.15, -0.1) is 0 Å². The molecule has 0 unspecified atom stereocenters. The third kappa shape index (κ3) is 2.85. The van der Waals surface area contributed by atoms with Crippen molar-refractivity contribution in [1.29, 1.82) is 0 Å². The average Bonchev–Trinajstić information content (AvgIpc) is 2.80. The molecule has 0 aromatic heterocycles. The van der Waals surface area contributed by atoms with Crippen molar-refractivity contribution in [3.8, 4) is 0 Å². The van der Waals surface area contributed by atoms with Crippen molar-refractivity contribution in [3.63, 3.8) is 0 Å². The van der Waals surface area contributed by atoms with E-state index in [1.807, 2.05) is 18.2 Å². The molecule has 0 atom stereocenters. The molecule has 3 rings (SSSR count). The number of nitrogens with one attached hydrogen (secondary N) is 2. The third-order valence-corrected chi connectivity index (χ3v) is 3.96. The Morgan fingerprint density at radius 1 is 1.14 bits per heavy atom.